The van der Waals surface area contributed by atoms with E-state index in [1.54, 1.807) is 12.1 Å². The highest BCUT2D eigenvalue weighted by Crippen LogP contribution is 2.25. The maximum Gasteiger partial charge on any atom is 0.240 e. The molecule has 0 radical (unpaired) electrons. The molecule has 118 valence electrons. The summed E-state index contributed by atoms with van der Waals surface area (Å²) in [7, 11) is -3.38. The van der Waals surface area contributed by atoms with Crippen LogP contribution >= 0.6 is 11.6 Å². The minimum atomic E-state index is -3.38. The zero-order chi connectivity index (χ0) is 15.1. The number of rotatable bonds is 7. The van der Waals surface area contributed by atoms with Gasteiger partial charge in [-0.2, -0.15) is 0 Å². The lowest BCUT2D eigenvalue weighted by molar-refractivity contribution is 0.339. The molecule has 0 atom stereocenters. The van der Waals surface area contributed by atoms with E-state index in [-0.39, 0.29) is 0 Å². The first-order valence-electron chi connectivity index (χ1n) is 7.76. The number of sulfonamides is 1. The summed E-state index contributed by atoms with van der Waals surface area (Å²) in [6.45, 7) is 0.538. The summed E-state index contributed by atoms with van der Waals surface area (Å²) >= 11 is 5.68. The first-order chi connectivity index (χ1) is 10.1. The normalized spacial score (nSPS) is 17.0. The maximum absolute atomic E-state index is 12.2. The molecule has 0 spiro atoms. The van der Waals surface area contributed by atoms with Crippen LogP contribution in [0.2, 0.25) is 0 Å². The fraction of sp³-hybridized carbons (Fsp3) is 0.625. The lowest BCUT2D eigenvalue weighted by atomic mass is 9.87. The molecule has 0 amide bonds. The van der Waals surface area contributed by atoms with Gasteiger partial charge in [0.1, 0.15) is 0 Å². The van der Waals surface area contributed by atoms with E-state index in [1.165, 1.54) is 32.1 Å². The van der Waals surface area contributed by atoms with Crippen molar-refractivity contribution in [2.24, 2.45) is 5.92 Å². The summed E-state index contributed by atoms with van der Waals surface area (Å²) < 4.78 is 27.1. The monoisotopic (exact) mass is 329 g/mol. The van der Waals surface area contributed by atoms with Crippen LogP contribution in [0.25, 0.3) is 0 Å². The molecule has 1 aromatic rings. The van der Waals surface area contributed by atoms with Gasteiger partial charge in [-0.05, 0) is 36.5 Å². The first kappa shape index (κ1) is 16.8. The van der Waals surface area contributed by atoms with Crippen LogP contribution in [0.15, 0.2) is 29.2 Å². The van der Waals surface area contributed by atoms with Crippen molar-refractivity contribution >= 4 is 21.6 Å². The number of halogens is 1. The summed E-state index contributed by atoms with van der Waals surface area (Å²) in [5.41, 5.74) is 1.06. The predicted octanol–water partition coefficient (Wildman–Crippen LogP) is 3.72. The highest BCUT2D eigenvalue weighted by Gasteiger charge is 2.16. The van der Waals surface area contributed by atoms with E-state index in [2.05, 4.69) is 4.72 Å². The third-order valence-corrected chi connectivity index (χ3v) is 5.85. The summed E-state index contributed by atoms with van der Waals surface area (Å²) in [6, 6.07) is 6.98. The Labute approximate surface area is 133 Å². The molecular formula is C16H24ClNO2S. The fourth-order valence-corrected chi connectivity index (χ4v) is 4.17. The molecule has 0 bridgehead atoms. The highest BCUT2D eigenvalue weighted by atomic mass is 35.5. The van der Waals surface area contributed by atoms with Gasteiger partial charge in [-0.3, -0.25) is 0 Å². The number of alkyl halides is 1. The van der Waals surface area contributed by atoms with E-state index in [9.17, 15) is 8.42 Å². The number of hydrogen-bond acceptors (Lipinski definition) is 2. The second-order valence-electron chi connectivity index (χ2n) is 5.77. The van der Waals surface area contributed by atoms with Crippen LogP contribution in [-0.2, 0) is 16.4 Å². The van der Waals surface area contributed by atoms with Gasteiger partial charge in [-0.1, -0.05) is 44.2 Å². The van der Waals surface area contributed by atoms with Gasteiger partial charge < -0.3 is 0 Å². The second-order valence-corrected chi connectivity index (χ2v) is 7.92. The molecule has 1 saturated carbocycles. The van der Waals surface area contributed by atoms with Crippen molar-refractivity contribution in [2.75, 3.05) is 12.4 Å². The molecule has 1 fully saturated rings. The highest BCUT2D eigenvalue weighted by molar-refractivity contribution is 7.89. The van der Waals surface area contributed by atoms with E-state index >= 15 is 0 Å². The third kappa shape index (κ3) is 5.28. The molecule has 2 rings (SSSR count). The van der Waals surface area contributed by atoms with Crippen molar-refractivity contribution in [1.82, 2.24) is 4.72 Å². The van der Waals surface area contributed by atoms with Crippen LogP contribution in [0.1, 0.15) is 44.1 Å². The lowest BCUT2D eigenvalue weighted by Crippen LogP contribution is -2.26. The van der Waals surface area contributed by atoms with Crippen molar-refractivity contribution < 1.29 is 8.42 Å². The Balaban J connectivity index is 1.85. The second kappa shape index (κ2) is 8.16. The van der Waals surface area contributed by atoms with E-state index in [0.29, 0.717) is 23.2 Å². The van der Waals surface area contributed by atoms with E-state index < -0.39 is 10.0 Å². The molecule has 1 aliphatic carbocycles. The van der Waals surface area contributed by atoms with Gasteiger partial charge in [0.15, 0.2) is 0 Å². The van der Waals surface area contributed by atoms with E-state index in [0.717, 1.165) is 18.4 Å². The molecule has 1 aromatic carbocycles. The largest absolute Gasteiger partial charge is 0.240 e. The number of hydrogen-bond donors (Lipinski definition) is 1. The van der Waals surface area contributed by atoms with Crippen molar-refractivity contribution in [3.8, 4) is 0 Å². The Morgan fingerprint density at radius 2 is 1.76 bits per heavy atom. The molecule has 0 aromatic heterocycles. The Bertz CT molecular complexity index is 522. The van der Waals surface area contributed by atoms with Gasteiger partial charge in [-0.25, -0.2) is 13.1 Å². The molecular weight excluding hydrogens is 306 g/mol. The van der Waals surface area contributed by atoms with Gasteiger partial charge in [0.05, 0.1) is 4.90 Å². The average molecular weight is 330 g/mol. The number of aryl methyl sites for hydroxylation is 1. The zero-order valence-electron chi connectivity index (χ0n) is 12.4. The molecule has 21 heavy (non-hydrogen) atoms. The topological polar surface area (TPSA) is 46.2 Å². The molecule has 5 heteroatoms. The van der Waals surface area contributed by atoms with Crippen molar-refractivity contribution in [1.29, 1.82) is 0 Å². The van der Waals surface area contributed by atoms with E-state index in [1.807, 2.05) is 12.1 Å². The molecule has 1 aliphatic rings. The summed E-state index contributed by atoms with van der Waals surface area (Å²) in [4.78, 5) is 0.337. The van der Waals surface area contributed by atoms with Gasteiger partial charge >= 0.3 is 0 Å². The maximum atomic E-state index is 12.2. The van der Waals surface area contributed by atoms with Crippen LogP contribution in [0.3, 0.4) is 0 Å². The Kier molecular flexibility index (Phi) is 6.52. The van der Waals surface area contributed by atoms with Crippen LogP contribution < -0.4 is 4.72 Å². The molecule has 0 unspecified atom stereocenters. The van der Waals surface area contributed by atoms with Gasteiger partial charge in [0.2, 0.25) is 10.0 Å². The van der Waals surface area contributed by atoms with Crippen LogP contribution in [-0.4, -0.2) is 20.8 Å². The van der Waals surface area contributed by atoms with Crippen molar-refractivity contribution in [3.63, 3.8) is 0 Å². The smallest absolute Gasteiger partial charge is 0.211 e. The molecule has 1 N–H and O–H groups in total. The quantitative estimate of drug-likeness (QED) is 0.775. The zero-order valence-corrected chi connectivity index (χ0v) is 13.9. The van der Waals surface area contributed by atoms with Crippen molar-refractivity contribution in [3.05, 3.63) is 29.8 Å². The molecule has 0 saturated heterocycles. The van der Waals surface area contributed by atoms with Crippen molar-refractivity contribution in [2.45, 2.75) is 49.8 Å². The Morgan fingerprint density at radius 1 is 1.10 bits per heavy atom. The molecule has 0 heterocycles. The van der Waals surface area contributed by atoms with Gasteiger partial charge in [-0.15, -0.1) is 11.6 Å². The van der Waals surface area contributed by atoms with Crippen LogP contribution in [0.5, 0.6) is 0 Å². The Hall–Kier alpha value is -0.580. The molecule has 0 aliphatic heterocycles. The predicted molar refractivity (Wildman–Crippen MR) is 87.2 cm³/mol. The number of nitrogens with one attached hydrogen (secondary N) is 1. The number of benzene rings is 1. The van der Waals surface area contributed by atoms with Gasteiger partial charge in [0.25, 0.3) is 0 Å². The minimum Gasteiger partial charge on any atom is -0.211 e. The SMILES string of the molecule is O=S(=O)(NCCC1CCCCC1)c1ccc(CCCl)cc1. The summed E-state index contributed by atoms with van der Waals surface area (Å²) in [5, 5.41) is 0. The van der Waals surface area contributed by atoms with Crippen LogP contribution in [0.4, 0.5) is 0 Å². The molecule has 3 nitrogen and oxygen atoms in total. The third-order valence-electron chi connectivity index (χ3n) is 4.19. The minimum absolute atomic E-state index is 0.337. The fourth-order valence-electron chi connectivity index (χ4n) is 2.90. The first-order valence-corrected chi connectivity index (χ1v) is 9.78. The summed E-state index contributed by atoms with van der Waals surface area (Å²) in [6.07, 6.45) is 8.11. The van der Waals surface area contributed by atoms with E-state index in [4.69, 9.17) is 11.6 Å². The van der Waals surface area contributed by atoms with Gasteiger partial charge in [0, 0.05) is 12.4 Å². The lowest BCUT2D eigenvalue weighted by Gasteiger charge is -2.21. The summed E-state index contributed by atoms with van der Waals surface area (Å²) in [5.74, 6) is 1.23. The average Bonchev–Trinajstić information content (AvgIpc) is 2.49. The standard InChI is InChI=1S/C16H24ClNO2S/c17-12-10-15-6-8-16(9-7-15)21(19,20)18-13-11-14-4-2-1-3-5-14/h6-9,14,18H,1-5,10-13H2. The van der Waals surface area contributed by atoms with Crippen LogP contribution in [0, 0.1) is 5.92 Å². The Morgan fingerprint density at radius 3 is 2.38 bits per heavy atom.